The van der Waals surface area contributed by atoms with Gasteiger partial charge in [-0.3, -0.25) is 4.90 Å². The highest BCUT2D eigenvalue weighted by molar-refractivity contribution is 5.82. The number of unbranched alkanes of at least 4 members (excludes halogenated alkanes) is 1. The fourth-order valence-electron chi connectivity index (χ4n) is 4.81. The number of hydrogen-bond acceptors (Lipinski definition) is 7. The summed E-state index contributed by atoms with van der Waals surface area (Å²) in [5.74, 6) is 0.702. The third-order valence-electron chi connectivity index (χ3n) is 7.11. The summed E-state index contributed by atoms with van der Waals surface area (Å²) in [5.41, 5.74) is 3.28. The van der Waals surface area contributed by atoms with E-state index in [2.05, 4.69) is 32.8 Å². The van der Waals surface area contributed by atoms with E-state index in [4.69, 9.17) is 9.72 Å². The molecular weight excluding hydrogens is 498 g/mol. The lowest BCUT2D eigenvalue weighted by molar-refractivity contribution is -0.139. The van der Waals surface area contributed by atoms with E-state index in [1.165, 1.54) is 5.56 Å². The Labute approximate surface area is 231 Å². The van der Waals surface area contributed by atoms with Crippen LogP contribution in [0.3, 0.4) is 0 Å². The van der Waals surface area contributed by atoms with Crippen LogP contribution in [0.25, 0.3) is 0 Å². The molecule has 11 nitrogen and oxygen atoms in total. The second kappa shape index (κ2) is 15.3. The standard InChI is InChI=1S/C28H45N7O4/c1-5-35(6-2)28(38)31-24(27(36)37)14-17-34(18-19-39-25-20-21(3)32-33(25)4)16-8-7-11-23-13-12-22-10-9-15-29-26(22)30-23/h12-13,20,24H,5-11,14-19H2,1-4H3,(H,29,30)(H,31,38)(H,36,37). The summed E-state index contributed by atoms with van der Waals surface area (Å²) in [5, 5.41) is 20.1. The highest BCUT2D eigenvalue weighted by atomic mass is 16.5. The zero-order valence-corrected chi connectivity index (χ0v) is 23.9. The van der Waals surface area contributed by atoms with Crippen molar-refractivity contribution in [2.24, 2.45) is 7.05 Å². The van der Waals surface area contributed by atoms with E-state index in [1.807, 2.05) is 33.9 Å². The third-order valence-corrected chi connectivity index (χ3v) is 7.11. The van der Waals surface area contributed by atoms with Gasteiger partial charge in [0.1, 0.15) is 18.5 Å². The van der Waals surface area contributed by atoms with Crippen molar-refractivity contribution in [2.75, 3.05) is 51.2 Å². The highest BCUT2D eigenvalue weighted by Gasteiger charge is 2.23. The Morgan fingerprint density at radius 1 is 1.21 bits per heavy atom. The predicted octanol–water partition coefficient (Wildman–Crippen LogP) is 3.08. The zero-order valence-electron chi connectivity index (χ0n) is 23.9. The molecule has 0 aromatic carbocycles. The molecule has 0 saturated heterocycles. The van der Waals surface area contributed by atoms with E-state index >= 15 is 0 Å². The van der Waals surface area contributed by atoms with Crippen LogP contribution < -0.4 is 15.4 Å². The first kappa shape index (κ1) is 30.2. The maximum Gasteiger partial charge on any atom is 0.326 e. The Balaban J connectivity index is 1.54. The SMILES string of the molecule is CCN(CC)C(=O)NC(CCN(CCCCc1ccc2c(n1)NCCC2)CCOc1cc(C)nn1C)C(=O)O. The van der Waals surface area contributed by atoms with Crippen LogP contribution in [0.15, 0.2) is 18.2 Å². The van der Waals surface area contributed by atoms with Gasteiger partial charge in [0.2, 0.25) is 5.88 Å². The van der Waals surface area contributed by atoms with E-state index in [1.54, 1.807) is 9.58 Å². The fraction of sp³-hybridized carbons (Fsp3) is 0.643. The van der Waals surface area contributed by atoms with Crippen molar-refractivity contribution >= 4 is 17.8 Å². The molecule has 2 aromatic rings. The molecule has 1 unspecified atom stereocenters. The minimum absolute atomic E-state index is 0.311. The Hall–Kier alpha value is -3.34. The van der Waals surface area contributed by atoms with Gasteiger partial charge in [0.25, 0.3) is 0 Å². The van der Waals surface area contributed by atoms with Crippen LogP contribution in [0.1, 0.15) is 56.5 Å². The fourth-order valence-corrected chi connectivity index (χ4v) is 4.81. The molecule has 0 aliphatic carbocycles. The summed E-state index contributed by atoms with van der Waals surface area (Å²) < 4.78 is 7.66. The van der Waals surface area contributed by atoms with E-state index < -0.39 is 12.0 Å². The van der Waals surface area contributed by atoms with Gasteiger partial charge in [0.05, 0.1) is 5.69 Å². The molecule has 0 spiro atoms. The summed E-state index contributed by atoms with van der Waals surface area (Å²) in [6.07, 6.45) is 5.36. The molecule has 3 heterocycles. The molecular formula is C28H45N7O4. The highest BCUT2D eigenvalue weighted by Crippen LogP contribution is 2.20. The number of anilines is 1. The Kier molecular flexibility index (Phi) is 11.9. The van der Waals surface area contributed by atoms with Crippen molar-refractivity contribution in [3.8, 4) is 5.88 Å². The van der Waals surface area contributed by atoms with Crippen molar-refractivity contribution in [2.45, 2.75) is 65.3 Å². The van der Waals surface area contributed by atoms with Gasteiger partial charge in [-0.15, -0.1) is 0 Å². The first-order chi connectivity index (χ1) is 18.8. The van der Waals surface area contributed by atoms with Crippen LogP contribution in [0.4, 0.5) is 10.6 Å². The number of ether oxygens (including phenoxy) is 1. The Bertz CT molecular complexity index is 1070. The average Bonchev–Trinajstić information content (AvgIpc) is 3.25. The molecule has 1 aliphatic heterocycles. The zero-order chi connectivity index (χ0) is 28.2. The van der Waals surface area contributed by atoms with Crippen molar-refractivity contribution in [3.63, 3.8) is 0 Å². The van der Waals surface area contributed by atoms with Crippen molar-refractivity contribution in [1.82, 2.24) is 29.9 Å². The first-order valence-electron chi connectivity index (χ1n) is 14.2. The lowest BCUT2D eigenvalue weighted by Crippen LogP contribution is -2.49. The second-order valence-corrected chi connectivity index (χ2v) is 10.0. The smallest absolute Gasteiger partial charge is 0.326 e. The van der Waals surface area contributed by atoms with E-state index in [0.29, 0.717) is 45.1 Å². The molecule has 0 radical (unpaired) electrons. The summed E-state index contributed by atoms with van der Waals surface area (Å²) in [6, 6.07) is 4.91. The topological polar surface area (TPSA) is 125 Å². The van der Waals surface area contributed by atoms with Crippen LogP contribution in [0, 0.1) is 6.92 Å². The molecule has 3 rings (SSSR count). The number of hydrogen-bond donors (Lipinski definition) is 3. The number of nitrogens with zero attached hydrogens (tertiary/aromatic N) is 5. The van der Waals surface area contributed by atoms with Crippen molar-refractivity contribution in [3.05, 3.63) is 35.2 Å². The van der Waals surface area contributed by atoms with Gasteiger partial charge in [-0.05, 0) is 77.5 Å². The number of nitrogens with one attached hydrogen (secondary N) is 2. The normalized spacial score (nSPS) is 13.5. The Morgan fingerprint density at radius 2 is 2.00 bits per heavy atom. The molecule has 0 fully saturated rings. The molecule has 2 amide bonds. The van der Waals surface area contributed by atoms with E-state index in [0.717, 1.165) is 62.4 Å². The number of aliphatic carboxylic acids is 1. The third kappa shape index (κ3) is 9.42. The summed E-state index contributed by atoms with van der Waals surface area (Å²) in [7, 11) is 1.85. The van der Waals surface area contributed by atoms with Crippen LogP contribution >= 0.6 is 0 Å². The molecule has 0 bridgehead atoms. The van der Waals surface area contributed by atoms with E-state index in [9.17, 15) is 14.7 Å². The number of carbonyl (C=O) groups is 2. The molecule has 1 atom stereocenters. The van der Waals surface area contributed by atoms with Crippen molar-refractivity contribution < 1.29 is 19.4 Å². The minimum Gasteiger partial charge on any atom is -0.480 e. The average molecular weight is 544 g/mol. The molecule has 0 saturated carbocycles. The largest absolute Gasteiger partial charge is 0.480 e. The van der Waals surface area contributed by atoms with Crippen LogP contribution in [0.2, 0.25) is 0 Å². The number of fused-ring (bicyclic) bond motifs is 1. The number of aryl methyl sites for hydroxylation is 4. The molecule has 11 heteroatoms. The number of pyridine rings is 1. The lowest BCUT2D eigenvalue weighted by Gasteiger charge is -2.26. The molecule has 216 valence electrons. The molecule has 2 aromatic heterocycles. The Morgan fingerprint density at radius 3 is 2.69 bits per heavy atom. The first-order valence-corrected chi connectivity index (χ1v) is 14.2. The van der Waals surface area contributed by atoms with Gasteiger partial charge < -0.3 is 25.4 Å². The van der Waals surface area contributed by atoms with Gasteiger partial charge in [-0.1, -0.05) is 6.07 Å². The number of aromatic nitrogens is 3. The van der Waals surface area contributed by atoms with Gasteiger partial charge >= 0.3 is 12.0 Å². The van der Waals surface area contributed by atoms with E-state index in [-0.39, 0.29) is 6.03 Å². The van der Waals surface area contributed by atoms with Crippen molar-refractivity contribution in [1.29, 1.82) is 0 Å². The molecule has 1 aliphatic rings. The maximum absolute atomic E-state index is 12.5. The second-order valence-electron chi connectivity index (χ2n) is 10.0. The van der Waals surface area contributed by atoms with Gasteiger partial charge in [0, 0.05) is 51.5 Å². The lowest BCUT2D eigenvalue weighted by atomic mass is 10.1. The summed E-state index contributed by atoms with van der Waals surface area (Å²) in [4.78, 5) is 33.0. The minimum atomic E-state index is -1.02. The summed E-state index contributed by atoms with van der Waals surface area (Å²) in [6.45, 7) is 10.1. The number of rotatable bonds is 16. The van der Waals surface area contributed by atoms with Gasteiger partial charge in [-0.2, -0.15) is 5.10 Å². The van der Waals surface area contributed by atoms with Gasteiger partial charge in [0.15, 0.2) is 0 Å². The van der Waals surface area contributed by atoms with Crippen LogP contribution in [-0.2, 0) is 24.7 Å². The maximum atomic E-state index is 12.5. The quantitative estimate of drug-likeness (QED) is 0.276. The monoisotopic (exact) mass is 543 g/mol. The number of carboxylic acid groups (broad SMARTS) is 1. The van der Waals surface area contributed by atoms with Gasteiger partial charge in [-0.25, -0.2) is 19.3 Å². The number of carboxylic acids is 1. The van der Waals surface area contributed by atoms with Crippen LogP contribution in [0.5, 0.6) is 5.88 Å². The predicted molar refractivity (Wildman–Crippen MR) is 151 cm³/mol. The summed E-state index contributed by atoms with van der Waals surface area (Å²) >= 11 is 0. The number of carbonyl (C=O) groups excluding carboxylic acids is 1. The molecule has 39 heavy (non-hydrogen) atoms. The van der Waals surface area contributed by atoms with Crippen LogP contribution in [-0.4, -0.2) is 93.6 Å². The number of urea groups is 1. The number of amides is 2. The molecule has 3 N–H and O–H groups in total.